The Kier molecular flexibility index (Phi) is 2.95. The molecule has 0 N–H and O–H groups in total. The lowest BCUT2D eigenvalue weighted by Gasteiger charge is -2.03. The fourth-order valence-electron chi connectivity index (χ4n) is 2.00. The third kappa shape index (κ3) is 2.60. The van der Waals surface area contributed by atoms with Crippen LogP contribution in [0, 0.1) is 12.7 Å². The Morgan fingerprint density at radius 1 is 1.11 bits per heavy atom. The monoisotopic (exact) mass is 256 g/mol. The molecule has 3 aromatic rings. The van der Waals surface area contributed by atoms with Gasteiger partial charge in [-0.15, -0.1) is 0 Å². The Morgan fingerprint density at radius 2 is 2.00 bits per heavy atom. The van der Waals surface area contributed by atoms with E-state index in [1.165, 1.54) is 17.7 Å². The van der Waals surface area contributed by atoms with E-state index in [0.29, 0.717) is 5.75 Å². The van der Waals surface area contributed by atoms with Gasteiger partial charge in [0.2, 0.25) is 0 Å². The molecule has 0 fully saturated rings. The van der Waals surface area contributed by atoms with Gasteiger partial charge in [-0.1, -0.05) is 17.7 Å². The van der Waals surface area contributed by atoms with Crippen LogP contribution in [-0.4, -0.2) is 0 Å². The van der Waals surface area contributed by atoms with E-state index < -0.39 is 0 Å². The molecule has 19 heavy (non-hydrogen) atoms. The molecule has 0 aliphatic rings. The van der Waals surface area contributed by atoms with E-state index in [1.807, 2.05) is 25.1 Å². The highest BCUT2D eigenvalue weighted by Crippen LogP contribution is 2.22. The van der Waals surface area contributed by atoms with Gasteiger partial charge in [-0.05, 0) is 37.3 Å². The van der Waals surface area contributed by atoms with Crippen LogP contribution in [0.2, 0.25) is 0 Å². The van der Waals surface area contributed by atoms with Crippen LogP contribution >= 0.6 is 0 Å². The van der Waals surface area contributed by atoms with E-state index in [2.05, 4.69) is 6.07 Å². The first-order valence-electron chi connectivity index (χ1n) is 6.08. The van der Waals surface area contributed by atoms with Crippen molar-refractivity contribution in [2.45, 2.75) is 13.5 Å². The average molecular weight is 256 g/mol. The fourth-order valence-corrected chi connectivity index (χ4v) is 2.00. The van der Waals surface area contributed by atoms with Crippen LogP contribution in [-0.2, 0) is 6.61 Å². The minimum Gasteiger partial charge on any atom is -0.486 e. The van der Waals surface area contributed by atoms with E-state index in [1.54, 1.807) is 12.1 Å². The summed E-state index contributed by atoms with van der Waals surface area (Å²) in [5.74, 6) is 0.916. The first kappa shape index (κ1) is 11.8. The molecule has 0 radical (unpaired) electrons. The first-order valence-corrected chi connectivity index (χ1v) is 6.08. The summed E-state index contributed by atoms with van der Waals surface area (Å²) in [6.45, 7) is 2.33. The molecular weight excluding hydrogens is 243 g/mol. The van der Waals surface area contributed by atoms with Crippen LogP contribution in [0.15, 0.2) is 52.9 Å². The number of benzene rings is 2. The quantitative estimate of drug-likeness (QED) is 0.690. The zero-order chi connectivity index (χ0) is 13.2. The molecule has 0 spiro atoms. The lowest BCUT2D eigenvalue weighted by molar-refractivity contribution is 0.273. The zero-order valence-corrected chi connectivity index (χ0v) is 10.5. The van der Waals surface area contributed by atoms with Gasteiger partial charge in [0.1, 0.15) is 29.5 Å². The van der Waals surface area contributed by atoms with Crippen molar-refractivity contribution < 1.29 is 13.5 Å². The smallest absolute Gasteiger partial charge is 0.146 e. The van der Waals surface area contributed by atoms with Crippen molar-refractivity contribution in [2.24, 2.45) is 0 Å². The predicted molar refractivity (Wildman–Crippen MR) is 71.7 cm³/mol. The second kappa shape index (κ2) is 4.76. The summed E-state index contributed by atoms with van der Waals surface area (Å²) in [5, 5.41) is 1.05. The number of furan rings is 1. The van der Waals surface area contributed by atoms with Crippen LogP contribution < -0.4 is 4.74 Å². The number of aryl methyl sites for hydroxylation is 1. The summed E-state index contributed by atoms with van der Waals surface area (Å²) in [5.41, 5.74) is 2.02. The fraction of sp³-hybridized carbons (Fsp3) is 0.125. The van der Waals surface area contributed by atoms with Crippen molar-refractivity contribution in [3.8, 4) is 5.75 Å². The zero-order valence-electron chi connectivity index (χ0n) is 10.5. The molecule has 0 amide bonds. The number of hydrogen-bond acceptors (Lipinski definition) is 2. The molecule has 0 atom stereocenters. The van der Waals surface area contributed by atoms with Gasteiger partial charge in [-0.2, -0.15) is 0 Å². The van der Waals surface area contributed by atoms with E-state index >= 15 is 0 Å². The Balaban J connectivity index is 1.78. The predicted octanol–water partition coefficient (Wildman–Crippen LogP) is 4.46. The minimum atomic E-state index is -0.308. The van der Waals surface area contributed by atoms with Crippen molar-refractivity contribution in [1.82, 2.24) is 0 Å². The summed E-state index contributed by atoms with van der Waals surface area (Å²) in [6, 6.07) is 14.0. The van der Waals surface area contributed by atoms with Crippen LogP contribution in [0.1, 0.15) is 11.3 Å². The van der Waals surface area contributed by atoms with Gasteiger partial charge >= 0.3 is 0 Å². The molecule has 2 nitrogen and oxygen atoms in total. The molecule has 0 saturated heterocycles. The molecule has 1 heterocycles. The van der Waals surface area contributed by atoms with E-state index in [4.69, 9.17) is 9.15 Å². The number of hydrogen-bond donors (Lipinski definition) is 0. The summed E-state index contributed by atoms with van der Waals surface area (Å²) >= 11 is 0. The van der Waals surface area contributed by atoms with Crippen molar-refractivity contribution in [1.29, 1.82) is 0 Å². The number of ether oxygens (including phenoxy) is 1. The lowest BCUT2D eigenvalue weighted by Crippen LogP contribution is -1.93. The summed E-state index contributed by atoms with van der Waals surface area (Å²) in [7, 11) is 0. The summed E-state index contributed by atoms with van der Waals surface area (Å²) < 4.78 is 24.2. The lowest BCUT2D eigenvalue weighted by atomic mass is 10.2. The third-order valence-electron chi connectivity index (χ3n) is 2.90. The molecule has 0 aliphatic heterocycles. The van der Waals surface area contributed by atoms with E-state index in [0.717, 1.165) is 16.7 Å². The molecule has 0 aliphatic carbocycles. The third-order valence-corrected chi connectivity index (χ3v) is 2.90. The van der Waals surface area contributed by atoms with E-state index in [-0.39, 0.29) is 12.4 Å². The Morgan fingerprint density at radius 3 is 2.84 bits per heavy atom. The van der Waals surface area contributed by atoms with Gasteiger partial charge < -0.3 is 9.15 Å². The summed E-state index contributed by atoms with van der Waals surface area (Å²) in [4.78, 5) is 0. The molecule has 0 saturated carbocycles. The Bertz CT molecular complexity index is 716. The van der Waals surface area contributed by atoms with Crippen LogP contribution in [0.3, 0.4) is 0 Å². The molecule has 2 aromatic carbocycles. The average Bonchev–Trinajstić information content (AvgIpc) is 2.78. The number of fused-ring (bicyclic) bond motifs is 1. The second-order valence-corrected chi connectivity index (χ2v) is 4.50. The van der Waals surface area contributed by atoms with Crippen molar-refractivity contribution >= 4 is 11.0 Å². The summed E-state index contributed by atoms with van der Waals surface area (Å²) in [6.07, 6.45) is 0. The topological polar surface area (TPSA) is 22.4 Å². The van der Waals surface area contributed by atoms with Crippen LogP contribution in [0.4, 0.5) is 4.39 Å². The van der Waals surface area contributed by atoms with Crippen molar-refractivity contribution in [3.05, 3.63) is 65.7 Å². The number of halogens is 1. The molecule has 96 valence electrons. The molecule has 3 heteroatoms. The van der Waals surface area contributed by atoms with Gasteiger partial charge in [-0.25, -0.2) is 4.39 Å². The largest absolute Gasteiger partial charge is 0.486 e. The van der Waals surface area contributed by atoms with Gasteiger partial charge in [0, 0.05) is 11.5 Å². The van der Waals surface area contributed by atoms with Gasteiger partial charge in [0.25, 0.3) is 0 Å². The Labute approximate surface area is 110 Å². The maximum absolute atomic E-state index is 13.0. The molecular formula is C16H13FO2. The van der Waals surface area contributed by atoms with Crippen molar-refractivity contribution in [2.75, 3.05) is 0 Å². The normalized spacial score (nSPS) is 10.8. The van der Waals surface area contributed by atoms with Gasteiger partial charge in [0.05, 0.1) is 0 Å². The highest BCUT2D eigenvalue weighted by atomic mass is 19.1. The molecule has 1 aromatic heterocycles. The second-order valence-electron chi connectivity index (χ2n) is 4.50. The Hall–Kier alpha value is -2.29. The standard InChI is InChI=1S/C16H13FO2/c1-11-5-6-16-12(7-11)8-15(19-16)10-18-14-4-2-3-13(17)9-14/h2-9H,10H2,1H3. The molecule has 0 unspecified atom stereocenters. The maximum Gasteiger partial charge on any atom is 0.146 e. The van der Waals surface area contributed by atoms with Gasteiger partial charge in [-0.3, -0.25) is 0 Å². The van der Waals surface area contributed by atoms with Crippen molar-refractivity contribution in [3.63, 3.8) is 0 Å². The molecule has 0 bridgehead atoms. The maximum atomic E-state index is 13.0. The van der Waals surface area contributed by atoms with E-state index in [9.17, 15) is 4.39 Å². The SMILES string of the molecule is Cc1ccc2oc(COc3cccc(F)c3)cc2c1. The highest BCUT2D eigenvalue weighted by Gasteiger charge is 2.05. The number of rotatable bonds is 3. The van der Waals surface area contributed by atoms with Crippen LogP contribution in [0.5, 0.6) is 5.75 Å². The first-order chi connectivity index (χ1) is 9.20. The highest BCUT2D eigenvalue weighted by molar-refractivity contribution is 5.78. The van der Waals surface area contributed by atoms with Crippen LogP contribution in [0.25, 0.3) is 11.0 Å². The molecule has 3 rings (SSSR count). The minimum absolute atomic E-state index is 0.289. The van der Waals surface area contributed by atoms with Gasteiger partial charge in [0.15, 0.2) is 0 Å².